The van der Waals surface area contributed by atoms with Crippen molar-refractivity contribution < 1.29 is 4.74 Å². The zero-order valence-electron chi connectivity index (χ0n) is 15.4. The number of anilines is 2. The molecular formula is C22H28N2O. The van der Waals surface area contributed by atoms with Crippen molar-refractivity contribution in [2.24, 2.45) is 0 Å². The summed E-state index contributed by atoms with van der Waals surface area (Å²) in [5.74, 6) is 0.835. The normalized spacial score (nSPS) is 16.2. The molecule has 4 rings (SSSR count). The number of methoxy groups -OCH3 is 1. The van der Waals surface area contributed by atoms with Gasteiger partial charge >= 0.3 is 0 Å². The molecule has 4 N–H and O–H groups in total. The second-order valence-corrected chi connectivity index (χ2v) is 7.53. The SMILES string of the molecule is COc1c(N)cc2c(c1-c1c(C)c(N)cc3c1CCCC3)CCCC2. The third-order valence-corrected chi connectivity index (χ3v) is 6.04. The molecule has 2 aliphatic rings. The molecule has 0 amide bonds. The van der Waals surface area contributed by atoms with E-state index in [1.807, 2.05) is 0 Å². The first-order valence-corrected chi connectivity index (χ1v) is 9.51. The van der Waals surface area contributed by atoms with Crippen LogP contribution in [-0.2, 0) is 25.7 Å². The number of fused-ring (bicyclic) bond motifs is 2. The van der Waals surface area contributed by atoms with Crippen molar-refractivity contribution in [2.45, 2.75) is 58.3 Å². The predicted octanol–water partition coefficient (Wildman–Crippen LogP) is 4.59. The van der Waals surface area contributed by atoms with Crippen molar-refractivity contribution in [1.29, 1.82) is 0 Å². The van der Waals surface area contributed by atoms with Gasteiger partial charge in [-0.2, -0.15) is 0 Å². The predicted molar refractivity (Wildman–Crippen MR) is 105 cm³/mol. The first-order chi connectivity index (χ1) is 12.1. The van der Waals surface area contributed by atoms with Crippen LogP contribution >= 0.6 is 0 Å². The molecular weight excluding hydrogens is 308 g/mol. The van der Waals surface area contributed by atoms with E-state index in [1.54, 1.807) is 7.11 Å². The maximum atomic E-state index is 6.42. The summed E-state index contributed by atoms with van der Waals surface area (Å²) in [4.78, 5) is 0. The fourth-order valence-corrected chi connectivity index (χ4v) is 4.77. The van der Waals surface area contributed by atoms with Gasteiger partial charge in [-0.3, -0.25) is 0 Å². The molecule has 3 nitrogen and oxygen atoms in total. The van der Waals surface area contributed by atoms with Crippen LogP contribution in [0, 0.1) is 6.92 Å². The standard InChI is InChI=1S/C22H28N2O/c1-13-18(23)11-14-7-3-5-9-16(14)20(13)21-17-10-6-4-8-15(17)12-19(24)22(21)25-2/h11-12H,3-10,23-24H2,1-2H3. The smallest absolute Gasteiger partial charge is 0.149 e. The molecule has 3 heteroatoms. The van der Waals surface area contributed by atoms with Crippen molar-refractivity contribution >= 4 is 11.4 Å². The van der Waals surface area contributed by atoms with Crippen LogP contribution in [0.2, 0.25) is 0 Å². The molecule has 2 aromatic carbocycles. The molecule has 0 heterocycles. The Morgan fingerprint density at radius 1 is 0.760 bits per heavy atom. The van der Waals surface area contributed by atoms with Gasteiger partial charge in [0, 0.05) is 11.3 Å². The molecule has 132 valence electrons. The Morgan fingerprint density at radius 2 is 1.28 bits per heavy atom. The molecule has 0 saturated heterocycles. The molecule has 0 bridgehead atoms. The lowest BCUT2D eigenvalue weighted by atomic mass is 9.78. The van der Waals surface area contributed by atoms with E-state index in [-0.39, 0.29) is 0 Å². The molecule has 0 fully saturated rings. The summed E-state index contributed by atoms with van der Waals surface area (Å²) in [6, 6.07) is 4.32. The van der Waals surface area contributed by atoms with Crippen molar-refractivity contribution in [2.75, 3.05) is 18.6 Å². The number of rotatable bonds is 2. The molecule has 25 heavy (non-hydrogen) atoms. The van der Waals surface area contributed by atoms with Crippen molar-refractivity contribution in [3.63, 3.8) is 0 Å². The topological polar surface area (TPSA) is 61.3 Å². The lowest BCUT2D eigenvalue weighted by molar-refractivity contribution is 0.417. The van der Waals surface area contributed by atoms with Crippen LogP contribution in [0.5, 0.6) is 5.75 Å². The lowest BCUT2D eigenvalue weighted by Gasteiger charge is -2.28. The number of benzene rings is 2. The zero-order valence-corrected chi connectivity index (χ0v) is 15.4. The minimum absolute atomic E-state index is 0.754. The summed E-state index contributed by atoms with van der Waals surface area (Å²) in [6.45, 7) is 2.15. The van der Waals surface area contributed by atoms with Crippen LogP contribution in [0.3, 0.4) is 0 Å². The maximum Gasteiger partial charge on any atom is 0.149 e. The van der Waals surface area contributed by atoms with E-state index in [1.165, 1.54) is 64.6 Å². The lowest BCUT2D eigenvalue weighted by Crippen LogP contribution is -2.13. The van der Waals surface area contributed by atoms with Crippen LogP contribution < -0.4 is 16.2 Å². The Morgan fingerprint density at radius 3 is 1.88 bits per heavy atom. The highest BCUT2D eigenvalue weighted by Crippen LogP contribution is 2.47. The summed E-state index contributed by atoms with van der Waals surface area (Å²) in [7, 11) is 1.73. The molecule has 0 radical (unpaired) electrons. The van der Waals surface area contributed by atoms with Crippen LogP contribution in [-0.4, -0.2) is 7.11 Å². The van der Waals surface area contributed by atoms with Gasteiger partial charge in [-0.15, -0.1) is 0 Å². The van der Waals surface area contributed by atoms with Gasteiger partial charge in [0.15, 0.2) is 0 Å². The van der Waals surface area contributed by atoms with Crippen LogP contribution in [0.25, 0.3) is 11.1 Å². The maximum absolute atomic E-state index is 6.42. The van der Waals surface area contributed by atoms with E-state index < -0.39 is 0 Å². The molecule has 0 spiro atoms. The fourth-order valence-electron chi connectivity index (χ4n) is 4.77. The van der Waals surface area contributed by atoms with E-state index in [2.05, 4.69) is 19.1 Å². The molecule has 0 saturated carbocycles. The minimum Gasteiger partial charge on any atom is -0.494 e. The molecule has 0 aromatic heterocycles. The summed E-state index contributed by atoms with van der Waals surface area (Å²) in [5.41, 5.74) is 23.9. The van der Waals surface area contributed by atoms with E-state index in [4.69, 9.17) is 16.2 Å². The van der Waals surface area contributed by atoms with Crippen LogP contribution in [0.4, 0.5) is 11.4 Å². The molecule has 0 unspecified atom stereocenters. The average Bonchev–Trinajstić information content (AvgIpc) is 2.62. The Kier molecular flexibility index (Phi) is 4.10. The second kappa shape index (κ2) is 6.29. The fraction of sp³-hybridized carbons (Fsp3) is 0.455. The van der Waals surface area contributed by atoms with Crippen molar-refractivity contribution in [3.8, 4) is 16.9 Å². The largest absolute Gasteiger partial charge is 0.494 e. The van der Waals surface area contributed by atoms with Crippen molar-refractivity contribution in [3.05, 3.63) is 39.9 Å². The highest BCUT2D eigenvalue weighted by molar-refractivity contribution is 5.88. The van der Waals surface area contributed by atoms with Gasteiger partial charge in [-0.1, -0.05) is 0 Å². The van der Waals surface area contributed by atoms with Gasteiger partial charge in [-0.25, -0.2) is 0 Å². The van der Waals surface area contributed by atoms with Crippen LogP contribution in [0.1, 0.15) is 53.5 Å². The Hall–Kier alpha value is -2.16. The van der Waals surface area contributed by atoms with Gasteiger partial charge in [0.1, 0.15) is 5.75 Å². The van der Waals surface area contributed by atoms with E-state index in [0.29, 0.717) is 0 Å². The first kappa shape index (κ1) is 16.3. The highest BCUT2D eigenvalue weighted by Gasteiger charge is 2.26. The van der Waals surface area contributed by atoms with Gasteiger partial charge in [0.05, 0.1) is 12.8 Å². The number of nitrogen functional groups attached to an aromatic ring is 2. The monoisotopic (exact) mass is 336 g/mol. The van der Waals surface area contributed by atoms with Gasteiger partial charge in [0.2, 0.25) is 0 Å². The first-order valence-electron chi connectivity index (χ1n) is 9.51. The Bertz CT molecular complexity index is 839. The van der Waals surface area contributed by atoms with E-state index in [9.17, 15) is 0 Å². The molecule has 0 atom stereocenters. The highest BCUT2D eigenvalue weighted by atomic mass is 16.5. The Balaban J connectivity index is 2.09. The third kappa shape index (κ3) is 2.57. The van der Waals surface area contributed by atoms with Crippen molar-refractivity contribution in [1.82, 2.24) is 0 Å². The second-order valence-electron chi connectivity index (χ2n) is 7.53. The molecule has 0 aliphatic heterocycles. The quantitative estimate of drug-likeness (QED) is 0.788. The van der Waals surface area contributed by atoms with Crippen LogP contribution in [0.15, 0.2) is 12.1 Å². The average molecular weight is 336 g/mol. The van der Waals surface area contributed by atoms with Gasteiger partial charge in [0.25, 0.3) is 0 Å². The summed E-state index contributed by atoms with van der Waals surface area (Å²) < 4.78 is 5.82. The number of nitrogens with two attached hydrogens (primary N) is 2. The number of ether oxygens (including phenoxy) is 1. The summed E-state index contributed by atoms with van der Waals surface area (Å²) in [6.07, 6.45) is 9.43. The molecule has 2 aromatic rings. The summed E-state index contributed by atoms with van der Waals surface area (Å²) >= 11 is 0. The number of aryl methyl sites for hydroxylation is 2. The van der Waals surface area contributed by atoms with Gasteiger partial charge < -0.3 is 16.2 Å². The minimum atomic E-state index is 0.754. The Labute approximate surface area is 150 Å². The van der Waals surface area contributed by atoms with Gasteiger partial charge in [-0.05, 0) is 104 Å². The third-order valence-electron chi connectivity index (χ3n) is 6.04. The van der Waals surface area contributed by atoms with E-state index in [0.717, 1.165) is 42.8 Å². The van der Waals surface area contributed by atoms with E-state index >= 15 is 0 Å². The molecule has 2 aliphatic carbocycles. The summed E-state index contributed by atoms with van der Waals surface area (Å²) in [5, 5.41) is 0. The number of hydrogen-bond donors (Lipinski definition) is 2. The number of hydrogen-bond acceptors (Lipinski definition) is 3. The zero-order chi connectivity index (χ0) is 17.6.